The fourth-order valence-corrected chi connectivity index (χ4v) is 3.68. The maximum atomic E-state index is 13.1. The number of carbonyl (C=O) groups is 5. The molecule has 0 fully saturated rings. The van der Waals surface area contributed by atoms with E-state index in [0.29, 0.717) is 11.1 Å². The number of rotatable bonds is 14. The maximum absolute atomic E-state index is 13.1. The molecule has 3 amide bonds. The van der Waals surface area contributed by atoms with Crippen molar-refractivity contribution in [3.05, 3.63) is 65.7 Å². The van der Waals surface area contributed by atoms with Crippen LogP contribution in [0, 0.1) is 0 Å². The molecule has 0 aromatic heterocycles. The first-order valence-electron chi connectivity index (χ1n) is 11.5. The zero-order chi connectivity index (χ0) is 28.2. The Balaban J connectivity index is 2.18. The molecule has 38 heavy (non-hydrogen) atoms. The number of hydrogen-bond acceptors (Lipinski definition) is 8. The van der Waals surface area contributed by atoms with E-state index in [-0.39, 0.29) is 24.3 Å². The van der Waals surface area contributed by atoms with Gasteiger partial charge in [-0.05, 0) is 29.7 Å². The van der Waals surface area contributed by atoms with E-state index in [1.807, 2.05) is 0 Å². The first-order chi connectivity index (χ1) is 18.0. The summed E-state index contributed by atoms with van der Waals surface area (Å²) in [4.78, 5) is 61.4. The van der Waals surface area contributed by atoms with Crippen molar-refractivity contribution in [1.29, 1.82) is 0 Å². The summed E-state index contributed by atoms with van der Waals surface area (Å²) >= 11 is 3.91. The summed E-state index contributed by atoms with van der Waals surface area (Å²) in [5.41, 5.74) is 7.20. The van der Waals surface area contributed by atoms with E-state index in [2.05, 4.69) is 28.6 Å². The highest BCUT2D eigenvalue weighted by atomic mass is 32.1. The van der Waals surface area contributed by atoms with Crippen molar-refractivity contribution in [1.82, 2.24) is 16.0 Å². The van der Waals surface area contributed by atoms with Crippen LogP contribution in [0.4, 0.5) is 0 Å². The number of nitrogens with one attached hydrogen (secondary N) is 3. The lowest BCUT2D eigenvalue weighted by atomic mass is 10.0. The van der Waals surface area contributed by atoms with E-state index in [9.17, 15) is 39.3 Å². The van der Waals surface area contributed by atoms with Gasteiger partial charge in [0.15, 0.2) is 0 Å². The minimum atomic E-state index is -1.57. The van der Waals surface area contributed by atoms with Crippen LogP contribution < -0.4 is 21.7 Å². The largest absolute Gasteiger partial charge is 0.508 e. The first kappa shape index (κ1) is 30.1. The van der Waals surface area contributed by atoms with Gasteiger partial charge in [0.1, 0.15) is 23.9 Å². The van der Waals surface area contributed by atoms with Crippen LogP contribution in [0.5, 0.6) is 5.75 Å². The Morgan fingerprint density at radius 3 is 1.82 bits per heavy atom. The second-order valence-corrected chi connectivity index (χ2v) is 8.83. The van der Waals surface area contributed by atoms with E-state index in [0.717, 1.165) is 0 Å². The number of carboxylic acids is 2. The highest BCUT2D eigenvalue weighted by molar-refractivity contribution is 7.80. The zero-order valence-electron chi connectivity index (χ0n) is 20.2. The smallest absolute Gasteiger partial charge is 0.327 e. The van der Waals surface area contributed by atoms with Gasteiger partial charge in [-0.3, -0.25) is 19.2 Å². The Morgan fingerprint density at radius 2 is 1.26 bits per heavy atom. The molecule has 0 bridgehead atoms. The molecule has 2 rings (SSSR count). The average molecular weight is 547 g/mol. The van der Waals surface area contributed by atoms with Gasteiger partial charge in [0.2, 0.25) is 17.7 Å². The number of phenolic OH excluding ortho intramolecular Hbond substituents is 1. The van der Waals surface area contributed by atoms with Crippen molar-refractivity contribution in [3.63, 3.8) is 0 Å². The summed E-state index contributed by atoms with van der Waals surface area (Å²) in [7, 11) is 0. The van der Waals surface area contributed by atoms with Crippen LogP contribution in [0.25, 0.3) is 0 Å². The average Bonchev–Trinajstić information content (AvgIpc) is 2.87. The van der Waals surface area contributed by atoms with Gasteiger partial charge in [0.25, 0.3) is 0 Å². The van der Waals surface area contributed by atoms with E-state index >= 15 is 0 Å². The van der Waals surface area contributed by atoms with E-state index < -0.39 is 60.2 Å². The molecular formula is C25H30N4O8S. The van der Waals surface area contributed by atoms with Crippen molar-refractivity contribution in [2.45, 2.75) is 43.4 Å². The second-order valence-electron chi connectivity index (χ2n) is 8.47. The molecule has 2 aromatic carbocycles. The van der Waals surface area contributed by atoms with E-state index in [4.69, 9.17) is 5.73 Å². The van der Waals surface area contributed by atoms with Crippen LogP contribution in [-0.2, 0) is 36.8 Å². The Morgan fingerprint density at radius 1 is 0.737 bits per heavy atom. The molecule has 4 unspecified atom stereocenters. The number of carboxylic acid groups (broad SMARTS) is 2. The van der Waals surface area contributed by atoms with Gasteiger partial charge >= 0.3 is 11.9 Å². The van der Waals surface area contributed by atoms with Crippen LogP contribution in [-0.4, -0.2) is 74.9 Å². The standard InChI is InChI=1S/C25H30N4O8S/c26-17(10-15-6-8-16(30)9-7-15)22(33)27-19(12-21(31)32)24(35)28-18(11-14-4-2-1-3-5-14)23(34)29-20(13-38)25(36)37/h1-9,17-20,30,38H,10-13,26H2,(H,27,33)(H,28,35)(H,29,34)(H,31,32)(H,36,37). The highest BCUT2D eigenvalue weighted by Gasteiger charge is 2.31. The van der Waals surface area contributed by atoms with Crippen LogP contribution in [0.1, 0.15) is 17.5 Å². The van der Waals surface area contributed by atoms with Gasteiger partial charge in [0, 0.05) is 12.2 Å². The number of carbonyl (C=O) groups excluding carboxylic acids is 3. The highest BCUT2D eigenvalue weighted by Crippen LogP contribution is 2.11. The Bertz CT molecular complexity index is 1130. The van der Waals surface area contributed by atoms with Gasteiger partial charge in [-0.1, -0.05) is 42.5 Å². The van der Waals surface area contributed by atoms with Gasteiger partial charge in [0.05, 0.1) is 12.5 Å². The van der Waals surface area contributed by atoms with Crippen molar-refractivity contribution in [2.75, 3.05) is 5.75 Å². The number of thiol groups is 1. The van der Waals surface area contributed by atoms with Gasteiger partial charge in [-0.2, -0.15) is 12.6 Å². The lowest BCUT2D eigenvalue weighted by molar-refractivity contribution is -0.142. The molecule has 0 saturated carbocycles. The molecular weight excluding hydrogens is 516 g/mol. The van der Waals surface area contributed by atoms with Crippen molar-refractivity contribution in [3.8, 4) is 5.75 Å². The number of amides is 3. The molecule has 0 saturated heterocycles. The summed E-state index contributed by atoms with van der Waals surface area (Å²) in [5.74, 6) is -5.48. The number of aromatic hydroxyl groups is 1. The van der Waals surface area contributed by atoms with Crippen LogP contribution in [0.15, 0.2) is 54.6 Å². The van der Waals surface area contributed by atoms with Crippen LogP contribution in [0.2, 0.25) is 0 Å². The van der Waals surface area contributed by atoms with Gasteiger partial charge in [-0.15, -0.1) is 0 Å². The molecule has 12 nitrogen and oxygen atoms in total. The van der Waals surface area contributed by atoms with Crippen molar-refractivity contribution in [2.24, 2.45) is 5.73 Å². The van der Waals surface area contributed by atoms with Crippen molar-refractivity contribution >= 4 is 42.3 Å². The molecule has 13 heteroatoms. The number of benzene rings is 2. The Kier molecular flexibility index (Phi) is 11.6. The maximum Gasteiger partial charge on any atom is 0.327 e. The third-order valence-corrected chi connectivity index (χ3v) is 5.82. The van der Waals surface area contributed by atoms with Gasteiger partial charge in [-0.25, -0.2) is 4.79 Å². The lowest BCUT2D eigenvalue weighted by Crippen LogP contribution is -2.58. The third-order valence-electron chi connectivity index (χ3n) is 5.45. The Labute approximate surface area is 224 Å². The normalized spacial score (nSPS) is 13.8. The van der Waals surface area contributed by atoms with Crippen LogP contribution >= 0.6 is 12.6 Å². The molecule has 204 valence electrons. The monoisotopic (exact) mass is 546 g/mol. The first-order valence-corrected chi connectivity index (χ1v) is 12.2. The molecule has 8 N–H and O–H groups in total. The summed E-state index contributed by atoms with van der Waals surface area (Å²) in [6, 6.07) is 9.19. The summed E-state index contributed by atoms with van der Waals surface area (Å²) in [5, 5.41) is 35.0. The predicted molar refractivity (Wildman–Crippen MR) is 139 cm³/mol. The molecule has 0 aliphatic heterocycles. The number of hydrogen-bond donors (Lipinski definition) is 8. The molecule has 0 aliphatic rings. The number of phenols is 1. The minimum absolute atomic E-state index is 0.0307. The summed E-state index contributed by atoms with van der Waals surface area (Å²) in [6.07, 6.45) is -0.782. The quantitative estimate of drug-likeness (QED) is 0.143. The minimum Gasteiger partial charge on any atom is -0.508 e. The molecule has 0 heterocycles. The van der Waals surface area contributed by atoms with Crippen LogP contribution in [0.3, 0.4) is 0 Å². The molecule has 4 atom stereocenters. The number of aliphatic carboxylic acids is 2. The fourth-order valence-electron chi connectivity index (χ4n) is 3.43. The summed E-state index contributed by atoms with van der Waals surface area (Å²) in [6.45, 7) is 0. The predicted octanol–water partition coefficient (Wildman–Crippen LogP) is -0.552. The topological polar surface area (TPSA) is 208 Å². The fraction of sp³-hybridized carbons (Fsp3) is 0.320. The van der Waals surface area contributed by atoms with E-state index in [1.54, 1.807) is 42.5 Å². The lowest BCUT2D eigenvalue weighted by Gasteiger charge is -2.24. The third kappa shape index (κ3) is 9.75. The van der Waals surface area contributed by atoms with E-state index in [1.165, 1.54) is 12.1 Å². The summed E-state index contributed by atoms with van der Waals surface area (Å²) < 4.78 is 0. The van der Waals surface area contributed by atoms with Crippen molar-refractivity contribution < 1.29 is 39.3 Å². The SMILES string of the molecule is NC(Cc1ccc(O)cc1)C(=O)NC(CC(=O)O)C(=O)NC(Cc1ccccc1)C(=O)NC(CS)C(=O)O. The zero-order valence-corrected chi connectivity index (χ0v) is 21.1. The molecule has 2 aromatic rings. The van der Waals surface area contributed by atoms with Gasteiger partial charge < -0.3 is 37.0 Å². The molecule has 0 aliphatic carbocycles. The molecule has 0 spiro atoms. The Hall–Kier alpha value is -4.10. The molecule has 0 radical (unpaired) electrons. The number of nitrogens with two attached hydrogens (primary N) is 1. The second kappa shape index (κ2) is 14.6.